The zero-order chi connectivity index (χ0) is 16.5. The molecule has 0 fully saturated rings. The third-order valence-electron chi connectivity index (χ3n) is 3.94. The molecule has 3 aromatic rings. The maximum absolute atomic E-state index is 11.1. The minimum Gasteiger partial charge on any atom is -0.478 e. The summed E-state index contributed by atoms with van der Waals surface area (Å²) in [4.78, 5) is 15.5. The summed E-state index contributed by atoms with van der Waals surface area (Å²) in [5.41, 5.74) is 3.65. The first-order chi connectivity index (χ1) is 11.7. The van der Waals surface area contributed by atoms with Crippen LogP contribution in [0.5, 0.6) is 0 Å². The second-order valence-electron chi connectivity index (χ2n) is 5.46. The molecule has 6 nitrogen and oxygen atoms in total. The molecule has 0 amide bonds. The number of hydrogen-bond donors (Lipinski definition) is 1. The van der Waals surface area contributed by atoms with Crippen molar-refractivity contribution in [3.63, 3.8) is 0 Å². The van der Waals surface area contributed by atoms with Gasteiger partial charge in [0.1, 0.15) is 0 Å². The summed E-state index contributed by atoms with van der Waals surface area (Å²) in [7, 11) is 0. The van der Waals surface area contributed by atoms with Crippen LogP contribution in [0.2, 0.25) is 0 Å². The first kappa shape index (κ1) is 14.3. The van der Waals surface area contributed by atoms with Gasteiger partial charge in [-0.15, -0.1) is 10.2 Å². The van der Waals surface area contributed by atoms with Gasteiger partial charge in [-0.2, -0.15) is 0 Å². The van der Waals surface area contributed by atoms with Crippen molar-refractivity contribution >= 4 is 12.0 Å². The van der Waals surface area contributed by atoms with E-state index in [0.717, 1.165) is 29.7 Å². The average Bonchev–Trinajstić information content (AvgIpc) is 3.11. The highest BCUT2D eigenvalue weighted by Crippen LogP contribution is 2.30. The number of allylic oxidation sites excluding steroid dienone is 1. The van der Waals surface area contributed by atoms with E-state index in [1.54, 1.807) is 18.3 Å². The minimum absolute atomic E-state index is 0.179. The highest BCUT2D eigenvalue weighted by atomic mass is 16.4. The summed E-state index contributed by atoms with van der Waals surface area (Å²) in [5.74, 6) is -0.281. The Morgan fingerprint density at radius 3 is 2.92 bits per heavy atom. The van der Waals surface area contributed by atoms with E-state index >= 15 is 0 Å². The van der Waals surface area contributed by atoms with Crippen LogP contribution >= 0.6 is 0 Å². The first-order valence-corrected chi connectivity index (χ1v) is 7.54. The quantitative estimate of drug-likeness (QED) is 0.795. The summed E-state index contributed by atoms with van der Waals surface area (Å²) >= 11 is 0. The number of rotatable bonds is 3. The van der Waals surface area contributed by atoms with E-state index < -0.39 is 5.97 Å². The van der Waals surface area contributed by atoms with E-state index in [4.69, 9.17) is 9.52 Å². The van der Waals surface area contributed by atoms with Crippen molar-refractivity contribution in [2.45, 2.75) is 12.8 Å². The van der Waals surface area contributed by atoms with Crippen molar-refractivity contribution in [1.82, 2.24) is 15.2 Å². The van der Waals surface area contributed by atoms with Gasteiger partial charge in [0.15, 0.2) is 0 Å². The molecule has 2 heterocycles. The topological polar surface area (TPSA) is 89.1 Å². The third-order valence-corrected chi connectivity index (χ3v) is 3.94. The maximum atomic E-state index is 11.1. The molecule has 0 aliphatic heterocycles. The fourth-order valence-electron chi connectivity index (χ4n) is 2.77. The highest BCUT2D eigenvalue weighted by Gasteiger charge is 2.18. The van der Waals surface area contributed by atoms with Crippen LogP contribution < -0.4 is 0 Å². The molecule has 0 bridgehead atoms. The molecular weight excluding hydrogens is 306 g/mol. The molecule has 1 N–H and O–H groups in total. The number of aromatic carboxylic acids is 1. The number of fused-ring (bicyclic) bond motifs is 1. The smallest absolute Gasteiger partial charge is 0.335 e. The van der Waals surface area contributed by atoms with E-state index in [1.807, 2.05) is 12.1 Å². The van der Waals surface area contributed by atoms with Crippen LogP contribution in [0.3, 0.4) is 0 Å². The van der Waals surface area contributed by atoms with Crippen LogP contribution in [0.25, 0.3) is 29.0 Å². The standard InChI is InChI=1S/C18H13N3O3/c22-18(23)12-5-3-4-11(10-12)16-20-21-17(24-16)14-8-9-19-15-7-2-1-6-13(14)15/h2-5,7-10H,1,6H2,(H,22,23). The molecule has 0 saturated heterocycles. The molecule has 4 rings (SSSR count). The van der Waals surface area contributed by atoms with Gasteiger partial charge in [0.2, 0.25) is 11.8 Å². The maximum Gasteiger partial charge on any atom is 0.335 e. The van der Waals surface area contributed by atoms with E-state index in [1.165, 1.54) is 12.1 Å². The Balaban J connectivity index is 1.75. The van der Waals surface area contributed by atoms with Gasteiger partial charge < -0.3 is 9.52 Å². The Labute approximate surface area is 137 Å². The number of aromatic nitrogens is 3. The zero-order valence-electron chi connectivity index (χ0n) is 12.6. The van der Waals surface area contributed by atoms with Gasteiger partial charge in [-0.1, -0.05) is 12.1 Å². The predicted octanol–water partition coefficient (Wildman–Crippen LogP) is 3.46. The van der Waals surface area contributed by atoms with Crippen LogP contribution in [0.4, 0.5) is 0 Å². The van der Waals surface area contributed by atoms with E-state index in [9.17, 15) is 4.79 Å². The van der Waals surface area contributed by atoms with Crippen molar-refractivity contribution in [1.29, 1.82) is 0 Å². The number of benzene rings is 1. The molecule has 0 atom stereocenters. The Morgan fingerprint density at radius 1 is 1.17 bits per heavy atom. The lowest BCUT2D eigenvalue weighted by atomic mass is 9.97. The molecule has 1 aliphatic carbocycles. The van der Waals surface area contributed by atoms with Gasteiger partial charge in [0.25, 0.3) is 0 Å². The van der Waals surface area contributed by atoms with Gasteiger partial charge >= 0.3 is 5.97 Å². The van der Waals surface area contributed by atoms with E-state index in [-0.39, 0.29) is 5.56 Å². The van der Waals surface area contributed by atoms with Crippen molar-refractivity contribution in [3.05, 3.63) is 59.4 Å². The molecule has 118 valence electrons. The fourth-order valence-corrected chi connectivity index (χ4v) is 2.77. The largest absolute Gasteiger partial charge is 0.478 e. The Bertz CT molecular complexity index is 960. The van der Waals surface area contributed by atoms with E-state index in [0.29, 0.717) is 17.3 Å². The SMILES string of the molecule is O=C(O)c1cccc(-c2nnc(-c3ccnc4c3CCC=C4)o2)c1. The van der Waals surface area contributed by atoms with Crippen molar-refractivity contribution in [3.8, 4) is 22.9 Å². The lowest BCUT2D eigenvalue weighted by molar-refractivity contribution is 0.0697. The second-order valence-corrected chi connectivity index (χ2v) is 5.46. The van der Waals surface area contributed by atoms with Crippen LogP contribution in [0.15, 0.2) is 47.0 Å². The Kier molecular flexibility index (Phi) is 3.42. The molecule has 6 heteroatoms. The molecule has 1 aromatic carbocycles. The van der Waals surface area contributed by atoms with Gasteiger partial charge in [0, 0.05) is 17.3 Å². The number of carboxylic acid groups (broad SMARTS) is 1. The lowest BCUT2D eigenvalue weighted by Gasteiger charge is -2.11. The number of pyridine rings is 1. The molecular formula is C18H13N3O3. The molecule has 0 saturated carbocycles. The first-order valence-electron chi connectivity index (χ1n) is 7.54. The van der Waals surface area contributed by atoms with Crippen molar-refractivity contribution < 1.29 is 14.3 Å². The monoisotopic (exact) mass is 319 g/mol. The number of carbonyl (C=O) groups is 1. The summed E-state index contributed by atoms with van der Waals surface area (Å²) in [5, 5.41) is 17.3. The number of carboxylic acids is 1. The average molecular weight is 319 g/mol. The number of hydrogen-bond acceptors (Lipinski definition) is 5. The Hall–Kier alpha value is -3.28. The van der Waals surface area contributed by atoms with Crippen LogP contribution in [-0.2, 0) is 6.42 Å². The molecule has 0 radical (unpaired) electrons. The highest BCUT2D eigenvalue weighted by molar-refractivity contribution is 5.89. The molecule has 24 heavy (non-hydrogen) atoms. The van der Waals surface area contributed by atoms with E-state index in [2.05, 4.69) is 21.3 Å². The molecule has 0 unspecified atom stereocenters. The summed E-state index contributed by atoms with van der Waals surface area (Å²) in [6.07, 6.45) is 7.64. The second kappa shape index (κ2) is 5.73. The normalized spacial score (nSPS) is 12.8. The summed E-state index contributed by atoms with van der Waals surface area (Å²) in [6.45, 7) is 0. The minimum atomic E-state index is -0.994. The third kappa shape index (κ3) is 2.48. The van der Waals surface area contributed by atoms with Gasteiger partial charge in [-0.25, -0.2) is 4.79 Å². The molecule has 2 aromatic heterocycles. The summed E-state index contributed by atoms with van der Waals surface area (Å²) < 4.78 is 5.79. The zero-order valence-corrected chi connectivity index (χ0v) is 12.6. The van der Waals surface area contributed by atoms with Crippen molar-refractivity contribution in [2.24, 2.45) is 0 Å². The van der Waals surface area contributed by atoms with Gasteiger partial charge in [-0.3, -0.25) is 4.98 Å². The molecule has 0 spiro atoms. The summed E-state index contributed by atoms with van der Waals surface area (Å²) in [6, 6.07) is 8.30. The number of nitrogens with zero attached hydrogens (tertiary/aromatic N) is 3. The van der Waals surface area contributed by atoms with Crippen LogP contribution in [0.1, 0.15) is 28.0 Å². The van der Waals surface area contributed by atoms with Gasteiger partial charge in [0.05, 0.1) is 11.3 Å². The fraction of sp³-hybridized carbons (Fsp3) is 0.111. The van der Waals surface area contributed by atoms with Gasteiger partial charge in [-0.05, 0) is 48.7 Å². The predicted molar refractivity (Wildman–Crippen MR) is 87.3 cm³/mol. The Morgan fingerprint density at radius 2 is 2.04 bits per heavy atom. The van der Waals surface area contributed by atoms with Crippen molar-refractivity contribution in [2.75, 3.05) is 0 Å². The lowest BCUT2D eigenvalue weighted by Crippen LogP contribution is -1.99. The van der Waals surface area contributed by atoms with Crippen LogP contribution in [-0.4, -0.2) is 26.3 Å². The van der Waals surface area contributed by atoms with Crippen LogP contribution in [0, 0.1) is 0 Å². The molecule has 1 aliphatic rings.